The van der Waals surface area contributed by atoms with Crippen LogP contribution in [0.2, 0.25) is 0 Å². The highest BCUT2D eigenvalue weighted by molar-refractivity contribution is 6.05. The third-order valence-corrected chi connectivity index (χ3v) is 6.57. The number of nitrogens with zero attached hydrogens (tertiary/aromatic N) is 2. The van der Waals surface area contributed by atoms with Gasteiger partial charge in [0, 0.05) is 22.5 Å². The van der Waals surface area contributed by atoms with Crippen LogP contribution >= 0.6 is 0 Å². The maximum atomic E-state index is 14.4. The van der Waals surface area contributed by atoms with Crippen molar-refractivity contribution >= 4 is 22.9 Å². The van der Waals surface area contributed by atoms with Gasteiger partial charge in [-0.3, -0.25) is 9.78 Å². The highest BCUT2D eigenvalue weighted by atomic mass is 19.1. The number of carbonyl (C=O) groups excluding carboxylic acids is 1. The summed E-state index contributed by atoms with van der Waals surface area (Å²) in [6.07, 6.45) is 8.03. The summed E-state index contributed by atoms with van der Waals surface area (Å²) in [5, 5.41) is 0.662. The summed E-state index contributed by atoms with van der Waals surface area (Å²) in [5.74, 6) is -0.289. The van der Waals surface area contributed by atoms with Gasteiger partial charge in [-0.15, -0.1) is 0 Å². The first-order valence-electron chi connectivity index (χ1n) is 12.7. The Bertz CT molecular complexity index is 1100. The van der Waals surface area contributed by atoms with Crippen LogP contribution in [0, 0.1) is 12.7 Å². The SMILES string of the molecule is CC.CCC(C)(C)NNc1ccc(-c2c(C=O)c3cc(F)c(C)cc3n2C2CCCC2)nc1.CN. The molecule has 0 amide bonds. The summed E-state index contributed by atoms with van der Waals surface area (Å²) < 4.78 is 16.6. The lowest BCUT2D eigenvalue weighted by molar-refractivity contribution is 0.112. The Hall–Kier alpha value is -2.77. The highest BCUT2D eigenvalue weighted by Crippen LogP contribution is 2.41. The molecule has 192 valence electrons. The van der Waals surface area contributed by atoms with E-state index in [0.29, 0.717) is 22.6 Å². The number of hydrazine groups is 1. The molecule has 6 nitrogen and oxygen atoms in total. The second kappa shape index (κ2) is 12.8. The molecule has 0 saturated heterocycles. The van der Waals surface area contributed by atoms with E-state index < -0.39 is 0 Å². The lowest BCUT2D eigenvalue weighted by atomic mass is 10.0. The van der Waals surface area contributed by atoms with Crippen LogP contribution in [-0.2, 0) is 0 Å². The summed E-state index contributed by atoms with van der Waals surface area (Å²) in [6.45, 7) is 12.1. The number of hydrogen-bond acceptors (Lipinski definition) is 5. The predicted molar refractivity (Wildman–Crippen MR) is 145 cm³/mol. The fourth-order valence-electron chi connectivity index (χ4n) is 4.32. The largest absolute Gasteiger partial charge is 0.335 e. The van der Waals surface area contributed by atoms with E-state index in [1.54, 1.807) is 13.1 Å². The molecule has 1 aromatic carbocycles. The third-order valence-electron chi connectivity index (χ3n) is 6.57. The van der Waals surface area contributed by atoms with Gasteiger partial charge < -0.3 is 15.7 Å². The minimum absolute atomic E-state index is 0.0415. The molecule has 4 N–H and O–H groups in total. The van der Waals surface area contributed by atoms with Crippen LogP contribution < -0.4 is 16.6 Å². The zero-order valence-corrected chi connectivity index (χ0v) is 22.3. The van der Waals surface area contributed by atoms with E-state index >= 15 is 0 Å². The Morgan fingerprint density at radius 3 is 2.40 bits per heavy atom. The average molecular weight is 484 g/mol. The second-order valence-corrected chi connectivity index (χ2v) is 9.23. The van der Waals surface area contributed by atoms with Crippen LogP contribution in [0.4, 0.5) is 10.1 Å². The number of fused-ring (bicyclic) bond motifs is 1. The van der Waals surface area contributed by atoms with E-state index in [4.69, 9.17) is 0 Å². The van der Waals surface area contributed by atoms with Gasteiger partial charge in [0.05, 0.1) is 28.8 Å². The minimum Gasteiger partial charge on any atom is -0.335 e. The standard InChI is InChI=1S/C25H31FN4O.C2H6.CH5N/c1-5-25(3,4)29-28-17-10-11-22(27-14-17)24-20(15-31)19-13-21(26)16(2)12-23(19)30(24)18-8-6-7-9-18;2*1-2/h10-15,18,28-29H,5-9H2,1-4H3;1-2H3;2H2,1H3. The zero-order valence-electron chi connectivity index (χ0n) is 22.3. The number of aldehydes is 1. The number of pyridine rings is 1. The van der Waals surface area contributed by atoms with Crippen LogP contribution in [0.5, 0.6) is 0 Å². The zero-order chi connectivity index (χ0) is 26.2. The summed E-state index contributed by atoms with van der Waals surface area (Å²) in [4.78, 5) is 16.8. The molecule has 0 aliphatic heterocycles. The van der Waals surface area contributed by atoms with Gasteiger partial charge in [-0.25, -0.2) is 9.82 Å². The van der Waals surface area contributed by atoms with Crippen molar-refractivity contribution in [2.45, 2.75) is 85.2 Å². The van der Waals surface area contributed by atoms with E-state index in [0.717, 1.165) is 61.0 Å². The van der Waals surface area contributed by atoms with Crippen LogP contribution in [0.1, 0.15) is 88.7 Å². The van der Waals surface area contributed by atoms with Gasteiger partial charge in [-0.05, 0) is 76.9 Å². The molecular formula is C28H42FN5O. The molecule has 2 aromatic heterocycles. The first-order valence-corrected chi connectivity index (χ1v) is 12.7. The number of hydrogen-bond donors (Lipinski definition) is 3. The van der Waals surface area contributed by atoms with Crippen LogP contribution in [0.3, 0.4) is 0 Å². The number of aryl methyl sites for hydroxylation is 1. The van der Waals surface area contributed by atoms with Gasteiger partial charge in [0.1, 0.15) is 5.82 Å². The lowest BCUT2D eigenvalue weighted by Crippen LogP contribution is -2.42. The summed E-state index contributed by atoms with van der Waals surface area (Å²) in [7, 11) is 1.50. The molecule has 1 fully saturated rings. The fourth-order valence-corrected chi connectivity index (χ4v) is 4.32. The van der Waals surface area contributed by atoms with Gasteiger partial charge in [0.2, 0.25) is 0 Å². The highest BCUT2D eigenvalue weighted by Gasteiger charge is 2.27. The number of benzene rings is 1. The molecule has 4 rings (SSSR count). The Kier molecular flexibility index (Phi) is 10.4. The van der Waals surface area contributed by atoms with Crippen molar-refractivity contribution in [3.05, 3.63) is 47.4 Å². The molecule has 0 unspecified atom stereocenters. The average Bonchev–Trinajstić information content (AvgIpc) is 3.52. The summed E-state index contributed by atoms with van der Waals surface area (Å²) in [6, 6.07) is 7.54. The second-order valence-electron chi connectivity index (χ2n) is 9.23. The Morgan fingerprint density at radius 1 is 1.20 bits per heavy atom. The quantitative estimate of drug-likeness (QED) is 0.255. The van der Waals surface area contributed by atoms with Gasteiger partial charge >= 0.3 is 0 Å². The number of aromatic nitrogens is 2. The predicted octanol–water partition coefficient (Wildman–Crippen LogP) is 6.78. The molecule has 2 heterocycles. The molecular weight excluding hydrogens is 441 g/mol. The molecule has 0 atom stereocenters. The molecule has 1 saturated carbocycles. The topological polar surface area (TPSA) is 85.0 Å². The summed E-state index contributed by atoms with van der Waals surface area (Å²) >= 11 is 0. The first kappa shape index (κ1) is 28.5. The Balaban J connectivity index is 0.00000103. The van der Waals surface area contributed by atoms with E-state index in [-0.39, 0.29) is 11.4 Å². The number of nitrogens with two attached hydrogens (primary N) is 1. The molecule has 1 aliphatic carbocycles. The van der Waals surface area contributed by atoms with E-state index in [1.165, 1.54) is 13.1 Å². The van der Waals surface area contributed by atoms with Crippen molar-refractivity contribution in [2.75, 3.05) is 12.5 Å². The molecule has 35 heavy (non-hydrogen) atoms. The number of nitrogens with one attached hydrogen (secondary N) is 2. The van der Waals surface area contributed by atoms with Crippen molar-refractivity contribution in [2.24, 2.45) is 5.73 Å². The van der Waals surface area contributed by atoms with E-state index in [9.17, 15) is 9.18 Å². The maximum absolute atomic E-state index is 14.4. The minimum atomic E-state index is -0.289. The molecule has 0 spiro atoms. The fraction of sp³-hybridized carbons (Fsp3) is 0.500. The molecule has 0 bridgehead atoms. The van der Waals surface area contributed by atoms with Crippen LogP contribution in [0.15, 0.2) is 30.5 Å². The van der Waals surface area contributed by atoms with E-state index in [2.05, 4.69) is 46.9 Å². The first-order chi connectivity index (χ1) is 16.8. The van der Waals surface area contributed by atoms with Gasteiger partial charge in [0.15, 0.2) is 6.29 Å². The monoisotopic (exact) mass is 483 g/mol. The van der Waals surface area contributed by atoms with Crippen LogP contribution in [-0.4, -0.2) is 28.4 Å². The van der Waals surface area contributed by atoms with Crippen LogP contribution in [0.25, 0.3) is 22.3 Å². The normalized spacial score (nSPS) is 13.6. The van der Waals surface area contributed by atoms with Crippen molar-refractivity contribution in [3.8, 4) is 11.4 Å². The smallest absolute Gasteiger partial charge is 0.152 e. The van der Waals surface area contributed by atoms with Gasteiger partial charge in [0.25, 0.3) is 0 Å². The van der Waals surface area contributed by atoms with E-state index in [1.807, 2.05) is 32.0 Å². The van der Waals surface area contributed by atoms with Crippen molar-refractivity contribution in [1.29, 1.82) is 0 Å². The van der Waals surface area contributed by atoms with Crippen molar-refractivity contribution in [3.63, 3.8) is 0 Å². The van der Waals surface area contributed by atoms with Gasteiger partial charge in [-0.1, -0.05) is 33.6 Å². The maximum Gasteiger partial charge on any atom is 0.152 e. The number of anilines is 1. The van der Waals surface area contributed by atoms with Gasteiger partial charge in [-0.2, -0.15) is 0 Å². The molecule has 1 aliphatic rings. The number of carbonyl (C=O) groups is 1. The number of halogens is 1. The number of rotatable bonds is 7. The Morgan fingerprint density at radius 2 is 1.86 bits per heavy atom. The van der Waals surface area contributed by atoms with Crippen molar-refractivity contribution < 1.29 is 9.18 Å². The molecule has 3 aromatic rings. The molecule has 7 heteroatoms. The molecule has 0 radical (unpaired) electrons. The summed E-state index contributed by atoms with van der Waals surface area (Å²) in [5.41, 5.74) is 15.4. The van der Waals surface area contributed by atoms with Crippen molar-refractivity contribution in [1.82, 2.24) is 15.0 Å². The third kappa shape index (κ3) is 6.27. The lowest BCUT2D eigenvalue weighted by Gasteiger charge is -2.25. The Labute approximate surface area is 209 Å².